The van der Waals surface area contributed by atoms with Crippen molar-refractivity contribution < 1.29 is 14.4 Å². The summed E-state index contributed by atoms with van der Waals surface area (Å²) in [4.78, 5) is 13.4. The zero-order chi connectivity index (χ0) is 20.7. The molecule has 0 aliphatic rings. The van der Waals surface area contributed by atoms with Gasteiger partial charge >= 0.3 is 0 Å². The molecule has 152 valence electrons. The Labute approximate surface area is 166 Å². The van der Waals surface area contributed by atoms with Crippen molar-refractivity contribution in [3.63, 3.8) is 0 Å². The molecule has 7 heteroatoms. The van der Waals surface area contributed by atoms with Crippen molar-refractivity contribution in [1.82, 2.24) is 4.90 Å². The Balaban J connectivity index is 2.40. The van der Waals surface area contributed by atoms with E-state index in [1.807, 2.05) is 30.3 Å². The Morgan fingerprint density at radius 1 is 1.07 bits per heavy atom. The number of hydrogen-bond acceptors (Lipinski definition) is 6. The molecule has 0 atom stereocenters. The number of ether oxygens (including phenoxy) is 2. The highest BCUT2D eigenvalue weighted by molar-refractivity contribution is 5.54. The van der Waals surface area contributed by atoms with Gasteiger partial charge in [0, 0.05) is 25.2 Å². The van der Waals surface area contributed by atoms with Gasteiger partial charge in [-0.25, -0.2) is 0 Å². The number of nitrogens with zero attached hydrogens (tertiary/aromatic N) is 2. The second kappa shape index (κ2) is 9.52. The predicted molar refractivity (Wildman–Crippen MR) is 110 cm³/mol. The van der Waals surface area contributed by atoms with Crippen LogP contribution in [0.2, 0.25) is 0 Å². The lowest BCUT2D eigenvalue weighted by Gasteiger charge is -2.32. The molecule has 0 unspecified atom stereocenters. The van der Waals surface area contributed by atoms with E-state index in [2.05, 4.69) is 18.7 Å². The normalized spacial score (nSPS) is 11.5. The maximum absolute atomic E-state index is 11.6. The minimum absolute atomic E-state index is 0.0151. The molecule has 0 fully saturated rings. The van der Waals surface area contributed by atoms with Crippen LogP contribution in [0.15, 0.2) is 42.5 Å². The van der Waals surface area contributed by atoms with Crippen molar-refractivity contribution >= 4 is 5.69 Å². The quantitative estimate of drug-likeness (QED) is 0.495. The standard InChI is InChI=1S/C21H29N3O4/c1-21(2,14-22)15-23(12-16-8-6-5-7-9-16)13-17-10-19(27-3)20(28-4)11-18(17)24(25)26/h5-11H,12-15,22H2,1-4H3. The van der Waals surface area contributed by atoms with Gasteiger partial charge in [-0.15, -0.1) is 0 Å². The van der Waals surface area contributed by atoms with Crippen molar-refractivity contribution in [2.45, 2.75) is 26.9 Å². The molecule has 0 amide bonds. The number of nitro groups is 1. The van der Waals surface area contributed by atoms with Gasteiger partial charge in [0.05, 0.1) is 25.2 Å². The van der Waals surface area contributed by atoms with Crippen LogP contribution in [0.4, 0.5) is 5.69 Å². The first-order chi connectivity index (χ1) is 13.3. The molecule has 7 nitrogen and oxygen atoms in total. The highest BCUT2D eigenvalue weighted by atomic mass is 16.6. The molecule has 2 aromatic rings. The molecule has 0 saturated heterocycles. The number of hydrogen-bond donors (Lipinski definition) is 1. The molecule has 0 spiro atoms. The molecule has 0 saturated carbocycles. The lowest BCUT2D eigenvalue weighted by Crippen LogP contribution is -2.38. The summed E-state index contributed by atoms with van der Waals surface area (Å²) in [6.45, 7) is 6.46. The maximum Gasteiger partial charge on any atom is 0.277 e. The van der Waals surface area contributed by atoms with E-state index in [1.165, 1.54) is 20.3 Å². The van der Waals surface area contributed by atoms with Crippen LogP contribution >= 0.6 is 0 Å². The van der Waals surface area contributed by atoms with Crippen LogP contribution in [0.3, 0.4) is 0 Å². The van der Waals surface area contributed by atoms with Gasteiger partial charge < -0.3 is 15.2 Å². The third-order valence-corrected chi connectivity index (χ3v) is 4.63. The molecule has 0 aliphatic carbocycles. The van der Waals surface area contributed by atoms with E-state index in [4.69, 9.17) is 15.2 Å². The van der Waals surface area contributed by atoms with Gasteiger partial charge in [-0.05, 0) is 23.6 Å². The summed E-state index contributed by atoms with van der Waals surface area (Å²) in [7, 11) is 2.99. The topological polar surface area (TPSA) is 90.9 Å². The van der Waals surface area contributed by atoms with E-state index in [0.29, 0.717) is 43.2 Å². The Kier molecular flexibility index (Phi) is 7.37. The van der Waals surface area contributed by atoms with Crippen LogP contribution in [-0.2, 0) is 13.1 Å². The zero-order valence-corrected chi connectivity index (χ0v) is 17.0. The Bertz CT molecular complexity index is 794. The minimum Gasteiger partial charge on any atom is -0.493 e. The molecule has 0 bridgehead atoms. The first-order valence-electron chi connectivity index (χ1n) is 9.15. The zero-order valence-electron chi connectivity index (χ0n) is 17.0. The second-order valence-electron chi connectivity index (χ2n) is 7.59. The van der Waals surface area contributed by atoms with Gasteiger partial charge in [-0.3, -0.25) is 15.0 Å². The number of methoxy groups -OCH3 is 2. The smallest absolute Gasteiger partial charge is 0.277 e. The summed E-state index contributed by atoms with van der Waals surface area (Å²) in [6, 6.07) is 13.1. The summed E-state index contributed by atoms with van der Waals surface area (Å²) in [5.41, 5.74) is 7.53. The highest BCUT2D eigenvalue weighted by Gasteiger charge is 2.25. The summed E-state index contributed by atoms with van der Waals surface area (Å²) in [5.74, 6) is 0.815. The third-order valence-electron chi connectivity index (χ3n) is 4.63. The van der Waals surface area contributed by atoms with Crippen LogP contribution < -0.4 is 15.2 Å². The largest absolute Gasteiger partial charge is 0.493 e. The van der Waals surface area contributed by atoms with E-state index >= 15 is 0 Å². The average Bonchev–Trinajstić information content (AvgIpc) is 2.67. The first-order valence-corrected chi connectivity index (χ1v) is 9.15. The number of benzene rings is 2. The second-order valence-corrected chi connectivity index (χ2v) is 7.59. The molecule has 0 radical (unpaired) electrons. The molecule has 28 heavy (non-hydrogen) atoms. The van der Waals surface area contributed by atoms with Crippen molar-refractivity contribution in [3.05, 3.63) is 63.7 Å². The fourth-order valence-corrected chi connectivity index (χ4v) is 3.13. The fourth-order valence-electron chi connectivity index (χ4n) is 3.13. The molecular formula is C21H29N3O4. The van der Waals surface area contributed by atoms with E-state index in [-0.39, 0.29) is 16.0 Å². The van der Waals surface area contributed by atoms with Crippen LogP contribution in [0.1, 0.15) is 25.0 Å². The first kappa shape index (κ1) is 21.7. The van der Waals surface area contributed by atoms with Crippen molar-refractivity contribution in [2.75, 3.05) is 27.3 Å². The Morgan fingerprint density at radius 3 is 2.21 bits per heavy atom. The van der Waals surface area contributed by atoms with Crippen LogP contribution in [-0.4, -0.2) is 37.1 Å². The average molecular weight is 387 g/mol. The summed E-state index contributed by atoms with van der Waals surface area (Å²) < 4.78 is 10.6. The fraction of sp³-hybridized carbons (Fsp3) is 0.429. The van der Waals surface area contributed by atoms with E-state index in [1.54, 1.807) is 6.07 Å². The Morgan fingerprint density at radius 2 is 1.68 bits per heavy atom. The third kappa shape index (κ3) is 5.68. The van der Waals surface area contributed by atoms with Gasteiger partial charge in [0.1, 0.15) is 0 Å². The predicted octanol–water partition coefficient (Wildman–Crippen LogP) is 3.60. The number of rotatable bonds is 10. The van der Waals surface area contributed by atoms with Gasteiger partial charge in [-0.2, -0.15) is 0 Å². The van der Waals surface area contributed by atoms with Crippen LogP contribution in [0.5, 0.6) is 11.5 Å². The van der Waals surface area contributed by atoms with Gasteiger partial charge in [0.2, 0.25) is 0 Å². The summed E-state index contributed by atoms with van der Waals surface area (Å²) >= 11 is 0. The van der Waals surface area contributed by atoms with E-state index < -0.39 is 0 Å². The molecule has 2 rings (SSSR count). The molecule has 0 aliphatic heterocycles. The summed E-state index contributed by atoms with van der Waals surface area (Å²) in [6.07, 6.45) is 0. The van der Waals surface area contributed by atoms with Crippen LogP contribution in [0, 0.1) is 15.5 Å². The number of nitro benzene ring substituents is 1. The highest BCUT2D eigenvalue weighted by Crippen LogP contribution is 2.35. The van der Waals surface area contributed by atoms with Gasteiger partial charge in [-0.1, -0.05) is 44.2 Å². The molecular weight excluding hydrogens is 358 g/mol. The SMILES string of the molecule is COc1cc(CN(Cc2ccccc2)CC(C)(C)CN)c([N+](=O)[O-])cc1OC. The van der Waals surface area contributed by atoms with Crippen molar-refractivity contribution in [1.29, 1.82) is 0 Å². The van der Waals surface area contributed by atoms with Gasteiger partial charge in [0.25, 0.3) is 5.69 Å². The Hall–Kier alpha value is -2.64. The lowest BCUT2D eigenvalue weighted by atomic mass is 9.92. The molecule has 0 heterocycles. The van der Waals surface area contributed by atoms with Crippen molar-refractivity contribution in [2.24, 2.45) is 11.1 Å². The maximum atomic E-state index is 11.6. The van der Waals surface area contributed by atoms with E-state index in [0.717, 1.165) is 5.56 Å². The molecule has 2 aromatic carbocycles. The minimum atomic E-state index is -0.383. The molecule has 0 aromatic heterocycles. The van der Waals surface area contributed by atoms with Crippen LogP contribution in [0.25, 0.3) is 0 Å². The monoisotopic (exact) mass is 387 g/mol. The number of nitrogens with two attached hydrogens (primary N) is 1. The van der Waals surface area contributed by atoms with E-state index in [9.17, 15) is 10.1 Å². The molecule has 2 N–H and O–H groups in total. The van der Waals surface area contributed by atoms with Crippen molar-refractivity contribution in [3.8, 4) is 11.5 Å². The lowest BCUT2D eigenvalue weighted by molar-refractivity contribution is -0.385. The van der Waals surface area contributed by atoms with Gasteiger partial charge in [0.15, 0.2) is 11.5 Å². The summed E-state index contributed by atoms with van der Waals surface area (Å²) in [5, 5.41) is 11.6.